The van der Waals surface area contributed by atoms with Crippen molar-refractivity contribution in [3.8, 4) is 11.5 Å². The Morgan fingerprint density at radius 2 is 1.47 bits per heavy atom. The Labute approximate surface area is 404 Å². The first-order valence-corrected chi connectivity index (χ1v) is 26.9. The summed E-state index contributed by atoms with van der Waals surface area (Å²) in [4.78, 5) is 0. The van der Waals surface area contributed by atoms with Gasteiger partial charge in [-0.15, -0.1) is 0 Å². The van der Waals surface area contributed by atoms with Crippen molar-refractivity contribution in [1.82, 2.24) is 0 Å². The Kier molecular flexibility index (Phi) is 21.9. The zero-order chi connectivity index (χ0) is 49.0. The quantitative estimate of drug-likeness (QED) is 0.0735. The van der Waals surface area contributed by atoms with Gasteiger partial charge in [0.25, 0.3) is 0 Å². The van der Waals surface area contributed by atoms with Gasteiger partial charge in [-0.1, -0.05) is 124 Å². The molecule has 3 fully saturated rings. The van der Waals surface area contributed by atoms with Crippen molar-refractivity contribution in [3.05, 3.63) is 57.7 Å². The van der Waals surface area contributed by atoms with Gasteiger partial charge in [0.05, 0.1) is 11.7 Å². The van der Waals surface area contributed by atoms with E-state index in [-0.39, 0.29) is 12.2 Å². The molecular formula is C59H100O7. The van der Waals surface area contributed by atoms with Crippen molar-refractivity contribution in [1.29, 1.82) is 0 Å². The number of aliphatic hydroxyl groups is 4. The van der Waals surface area contributed by atoms with Gasteiger partial charge in [0.1, 0.15) is 29.3 Å². The van der Waals surface area contributed by atoms with Gasteiger partial charge in [0, 0.05) is 25.2 Å². The molecule has 10 atom stereocenters. The molecule has 378 valence electrons. The van der Waals surface area contributed by atoms with E-state index in [4.69, 9.17) is 14.6 Å². The number of phenolic OH excluding ortho intramolecular Hbond substituents is 1. The maximum absolute atomic E-state index is 10.7. The maximum Gasteiger partial charge on any atom is 0.127 e. The van der Waals surface area contributed by atoms with Crippen LogP contribution in [0, 0.1) is 61.7 Å². The van der Waals surface area contributed by atoms with Crippen LogP contribution in [0.15, 0.2) is 35.5 Å². The van der Waals surface area contributed by atoms with Crippen LogP contribution >= 0.6 is 0 Å². The van der Waals surface area contributed by atoms with Gasteiger partial charge < -0.3 is 35.0 Å². The van der Waals surface area contributed by atoms with Crippen LogP contribution in [0.3, 0.4) is 0 Å². The van der Waals surface area contributed by atoms with Crippen molar-refractivity contribution >= 4 is 0 Å². The van der Waals surface area contributed by atoms with Crippen molar-refractivity contribution in [2.75, 3.05) is 13.2 Å². The summed E-state index contributed by atoms with van der Waals surface area (Å²) < 4.78 is 12.2. The maximum atomic E-state index is 10.7. The van der Waals surface area contributed by atoms with Gasteiger partial charge in [0.2, 0.25) is 0 Å². The third kappa shape index (κ3) is 15.7. The van der Waals surface area contributed by atoms with E-state index in [2.05, 4.69) is 74.1 Å². The van der Waals surface area contributed by atoms with Gasteiger partial charge in [0.15, 0.2) is 0 Å². The molecule has 0 saturated heterocycles. The lowest BCUT2D eigenvalue weighted by molar-refractivity contribution is -0.0968. The summed E-state index contributed by atoms with van der Waals surface area (Å²) in [5.74, 6) is 6.01. The van der Waals surface area contributed by atoms with Gasteiger partial charge in [-0.25, -0.2) is 0 Å². The Bertz CT molecular complexity index is 1740. The largest absolute Gasteiger partial charge is 0.507 e. The predicted molar refractivity (Wildman–Crippen MR) is 275 cm³/mol. The van der Waals surface area contributed by atoms with E-state index in [1.54, 1.807) is 0 Å². The molecule has 5 N–H and O–H groups in total. The van der Waals surface area contributed by atoms with E-state index in [0.717, 1.165) is 90.2 Å². The fraction of sp³-hybridized carbons (Fsp3) is 0.797. The van der Waals surface area contributed by atoms with Gasteiger partial charge in [-0.2, -0.15) is 0 Å². The molecule has 1 aliphatic heterocycles. The number of hydrogen-bond donors (Lipinski definition) is 5. The molecule has 66 heavy (non-hydrogen) atoms. The zero-order valence-corrected chi connectivity index (χ0v) is 44.4. The summed E-state index contributed by atoms with van der Waals surface area (Å²) in [5.41, 5.74) is 7.02. The molecule has 0 radical (unpaired) electrons. The highest BCUT2D eigenvalue weighted by molar-refractivity contribution is 5.58. The normalized spacial score (nSPS) is 29.3. The smallest absolute Gasteiger partial charge is 0.127 e. The first kappa shape index (κ1) is 56.4. The number of aromatic hydroxyl groups is 1. The van der Waals surface area contributed by atoms with E-state index in [1.165, 1.54) is 94.6 Å². The van der Waals surface area contributed by atoms with Crippen LogP contribution in [0.25, 0.3) is 0 Å². The number of ether oxygens (including phenoxy) is 2. The Hall–Kier alpha value is -2.16. The monoisotopic (exact) mass is 921 g/mol. The van der Waals surface area contributed by atoms with Gasteiger partial charge >= 0.3 is 0 Å². The molecule has 5 rings (SSSR count). The molecular weight excluding hydrogens is 821 g/mol. The van der Waals surface area contributed by atoms with E-state index >= 15 is 0 Å². The Morgan fingerprint density at radius 3 is 2.11 bits per heavy atom. The third-order valence-corrected chi connectivity index (χ3v) is 17.0. The molecule has 1 aromatic rings. The third-order valence-electron chi connectivity index (χ3n) is 17.0. The Morgan fingerprint density at radius 1 is 0.818 bits per heavy atom. The van der Waals surface area contributed by atoms with E-state index in [1.807, 2.05) is 27.7 Å². The number of phenols is 1. The second-order valence-electron chi connectivity index (χ2n) is 23.8. The molecule has 2 unspecified atom stereocenters. The molecule has 7 nitrogen and oxygen atoms in total. The van der Waals surface area contributed by atoms with E-state index < -0.39 is 23.9 Å². The minimum Gasteiger partial charge on any atom is -0.507 e. The molecule has 1 heterocycles. The lowest BCUT2D eigenvalue weighted by Crippen LogP contribution is -2.45. The fourth-order valence-electron chi connectivity index (χ4n) is 12.5. The number of rotatable bonds is 22. The highest BCUT2D eigenvalue weighted by Gasteiger charge is 2.50. The summed E-state index contributed by atoms with van der Waals surface area (Å²) in [6, 6.07) is 0. The molecule has 0 spiro atoms. The molecule has 0 aromatic heterocycles. The fourth-order valence-corrected chi connectivity index (χ4v) is 12.5. The number of allylic oxidation sites excluding steroid dienone is 3. The molecule has 0 bridgehead atoms. The first-order chi connectivity index (χ1) is 31.0. The van der Waals surface area contributed by atoms with Crippen LogP contribution in [0.5, 0.6) is 11.5 Å². The van der Waals surface area contributed by atoms with Crippen LogP contribution in [0.2, 0.25) is 0 Å². The standard InChI is InChI=1S/C30H50O5.C29H50O2/c1-20(9-6-15-29(3,4)34)24-13-14-25-22(10-7-16-30(24,25)5)11-12-23-19-26(32)28(27(33)21(23)2)35-18-8-17-31;1-20(2)12-9-13-21(3)14-10-15-22(4)16-11-18-29(8)19-17-26-25(7)27(30)23(5)24(6)28(26)31-29/h11-12,20,24-28,31-34H,2,6-10,13-19H2,1,3-5H3;20-22,30H,9-19H2,1-8H3/b22-11+,23-12-;/t20-,24-,25?,26-,27-,28-,30?;21-,22-,29-/m11/s1. The minimum absolute atomic E-state index is 0.0269. The molecule has 0 amide bonds. The SMILES string of the molecule is C=C1/C(=C\C=C2/CCCC3(C)C2CC[C@@H]3[C@H](C)CCCC(C)(C)O)C[C@@H](O)[C@@H](OCCCO)[C@@H]1O.Cc1c(C)c2c(c(C)c1O)CC[C@@](C)(CCC[C@H](C)CCC[C@H](C)CCCC(C)C)O2. The summed E-state index contributed by atoms with van der Waals surface area (Å²) in [5, 5.41) is 50.7. The second kappa shape index (κ2) is 25.6. The minimum atomic E-state index is -0.931. The molecule has 4 aliphatic rings. The molecule has 1 aromatic carbocycles. The number of benzene rings is 1. The lowest BCUT2D eigenvalue weighted by atomic mass is 9.60. The van der Waals surface area contributed by atoms with Crippen LogP contribution < -0.4 is 4.74 Å². The van der Waals surface area contributed by atoms with E-state index in [0.29, 0.717) is 48.0 Å². The van der Waals surface area contributed by atoms with Gasteiger partial charge in [-0.3, -0.25) is 0 Å². The topological polar surface area (TPSA) is 120 Å². The lowest BCUT2D eigenvalue weighted by Gasteiger charge is -2.44. The number of hydrogen-bond acceptors (Lipinski definition) is 7. The highest BCUT2D eigenvalue weighted by Crippen LogP contribution is 2.60. The number of fused-ring (bicyclic) bond motifs is 2. The molecule has 7 heteroatoms. The van der Waals surface area contributed by atoms with Gasteiger partial charge in [-0.05, 0) is 181 Å². The summed E-state index contributed by atoms with van der Waals surface area (Å²) in [7, 11) is 0. The van der Waals surface area contributed by atoms with Crippen LogP contribution in [0.4, 0.5) is 0 Å². The Balaban J connectivity index is 0.000000291. The second-order valence-corrected chi connectivity index (χ2v) is 23.8. The highest BCUT2D eigenvalue weighted by atomic mass is 16.5. The average molecular weight is 921 g/mol. The summed E-state index contributed by atoms with van der Waals surface area (Å²) in [6.07, 6.45) is 26.1. The first-order valence-electron chi connectivity index (χ1n) is 26.9. The van der Waals surface area contributed by atoms with Crippen molar-refractivity contribution in [2.45, 2.75) is 247 Å². The number of aliphatic hydroxyl groups excluding tert-OH is 3. The van der Waals surface area contributed by atoms with Crippen molar-refractivity contribution in [2.24, 2.45) is 40.9 Å². The molecule has 3 saturated carbocycles. The summed E-state index contributed by atoms with van der Waals surface area (Å²) in [6.45, 7) is 31.1. The van der Waals surface area contributed by atoms with Crippen molar-refractivity contribution < 1.29 is 35.0 Å². The average Bonchev–Trinajstić information content (AvgIpc) is 3.61. The zero-order valence-electron chi connectivity index (χ0n) is 44.4. The predicted octanol–water partition coefficient (Wildman–Crippen LogP) is 13.9. The van der Waals surface area contributed by atoms with Crippen LogP contribution in [-0.4, -0.2) is 68.3 Å². The van der Waals surface area contributed by atoms with E-state index in [9.17, 15) is 20.4 Å². The molecule has 3 aliphatic carbocycles. The summed E-state index contributed by atoms with van der Waals surface area (Å²) >= 11 is 0. The van der Waals surface area contributed by atoms with Crippen molar-refractivity contribution in [3.63, 3.8) is 0 Å². The van der Waals surface area contributed by atoms with Crippen LogP contribution in [-0.2, 0) is 11.2 Å². The van der Waals surface area contributed by atoms with Crippen LogP contribution in [0.1, 0.15) is 213 Å².